The SMILES string of the molecule is O=C([N-]S(=O)(=O)/C=C/[C@@H]1CCCN1CCO)Nc1c2c(cc3c1CCC3)CCC2.[Na+]. The number of carbonyl (C=O) groups is 1. The molecule has 1 atom stereocenters. The molecule has 2 N–H and O–H groups in total. The molecule has 1 fully saturated rings. The molecule has 1 aromatic rings. The van der Waals surface area contributed by atoms with E-state index in [9.17, 15) is 13.2 Å². The number of urea groups is 1. The van der Waals surface area contributed by atoms with Crippen molar-refractivity contribution in [3.8, 4) is 0 Å². The topological polar surface area (TPSA) is 101 Å². The fourth-order valence-electron chi connectivity index (χ4n) is 4.91. The number of hydrogen-bond donors (Lipinski definition) is 2. The molecule has 0 bridgehead atoms. The van der Waals surface area contributed by atoms with Crippen molar-refractivity contribution in [3.05, 3.63) is 44.5 Å². The Bertz CT molecular complexity index is 900. The third-order valence-electron chi connectivity index (χ3n) is 6.19. The minimum Gasteiger partial charge on any atom is -0.423 e. The van der Waals surface area contributed by atoms with Gasteiger partial charge in [-0.1, -0.05) is 12.1 Å². The van der Waals surface area contributed by atoms with Crippen molar-refractivity contribution < 1.29 is 47.9 Å². The van der Waals surface area contributed by atoms with E-state index in [1.807, 2.05) is 4.90 Å². The number of rotatable bonds is 6. The van der Waals surface area contributed by atoms with E-state index in [0.29, 0.717) is 6.54 Å². The Balaban J connectivity index is 0.00000256. The maximum Gasteiger partial charge on any atom is 1.00 e. The first-order chi connectivity index (χ1) is 14.0. The number of amides is 2. The second kappa shape index (κ2) is 10.1. The first-order valence-electron chi connectivity index (χ1n) is 10.5. The summed E-state index contributed by atoms with van der Waals surface area (Å²) in [5.74, 6) is 0. The number of hydrogen-bond acceptors (Lipinski definition) is 5. The van der Waals surface area contributed by atoms with Gasteiger partial charge in [0.15, 0.2) is 16.1 Å². The molecular formula is C21H28N3NaO4S. The molecule has 0 radical (unpaired) electrons. The van der Waals surface area contributed by atoms with Crippen LogP contribution in [0.15, 0.2) is 17.6 Å². The van der Waals surface area contributed by atoms with Crippen molar-refractivity contribution in [2.24, 2.45) is 0 Å². The number of aliphatic hydroxyl groups excluding tert-OH is 1. The van der Waals surface area contributed by atoms with Crippen LogP contribution in [0.4, 0.5) is 10.5 Å². The third kappa shape index (κ3) is 5.29. The van der Waals surface area contributed by atoms with Crippen molar-refractivity contribution in [2.75, 3.05) is 25.0 Å². The average molecular weight is 442 g/mol. The van der Waals surface area contributed by atoms with Crippen LogP contribution in [0.5, 0.6) is 0 Å². The van der Waals surface area contributed by atoms with E-state index in [0.717, 1.165) is 80.1 Å². The van der Waals surface area contributed by atoms with E-state index in [2.05, 4.69) is 16.1 Å². The normalized spacial score (nSPS) is 20.8. The molecule has 1 aliphatic heterocycles. The van der Waals surface area contributed by atoms with Crippen LogP contribution in [0.3, 0.4) is 0 Å². The zero-order valence-corrected chi connectivity index (χ0v) is 20.4. The second-order valence-corrected chi connectivity index (χ2v) is 9.55. The Kier molecular flexibility index (Phi) is 8.03. The average Bonchev–Trinajstić information content (AvgIpc) is 3.40. The van der Waals surface area contributed by atoms with Gasteiger partial charge in [0.05, 0.1) is 6.61 Å². The van der Waals surface area contributed by atoms with Crippen LogP contribution < -0.4 is 34.9 Å². The van der Waals surface area contributed by atoms with Gasteiger partial charge in [0, 0.05) is 18.0 Å². The van der Waals surface area contributed by atoms with Crippen LogP contribution in [-0.4, -0.2) is 50.2 Å². The van der Waals surface area contributed by atoms with Gasteiger partial charge in [0.1, 0.15) is 0 Å². The van der Waals surface area contributed by atoms with Gasteiger partial charge < -0.3 is 15.1 Å². The predicted octanol–water partition coefficient (Wildman–Crippen LogP) is -0.126. The first-order valence-corrected chi connectivity index (χ1v) is 12.0. The van der Waals surface area contributed by atoms with Gasteiger partial charge in [-0.3, -0.25) is 9.69 Å². The summed E-state index contributed by atoms with van der Waals surface area (Å²) >= 11 is 0. The standard InChI is InChI=1S/C21H29N3O4S.Na/c25-12-11-24-10-3-6-17(24)9-13-29(27,28)23-21(26)22-20-18-7-1-4-15(18)14-16-5-2-8-19(16)20;/h9,13-14,17,25H,1-8,10-12H2,(H2,22,23,26);/q;+1/p-1/b13-9+;/t17-;/m0./s1. The molecule has 3 aliphatic rings. The maximum atomic E-state index is 12.5. The summed E-state index contributed by atoms with van der Waals surface area (Å²) in [4.78, 5) is 14.5. The minimum atomic E-state index is -4.01. The van der Waals surface area contributed by atoms with Gasteiger partial charge in [-0.25, -0.2) is 8.42 Å². The number of sulfonamides is 1. The Labute approximate surface area is 200 Å². The summed E-state index contributed by atoms with van der Waals surface area (Å²) in [5.41, 5.74) is 5.63. The first kappa shape index (κ1) is 23.8. The molecule has 0 aromatic heterocycles. The van der Waals surface area contributed by atoms with E-state index in [1.165, 1.54) is 11.1 Å². The number of β-amino-alcohol motifs (C(OH)–C–C–N with tert-alkyl or cyclic N) is 1. The molecule has 0 spiro atoms. The number of fused-ring (bicyclic) bond motifs is 2. The summed E-state index contributed by atoms with van der Waals surface area (Å²) in [6.45, 7) is 1.38. The van der Waals surface area contributed by atoms with Gasteiger partial charge in [-0.05, 0) is 85.9 Å². The largest absolute Gasteiger partial charge is 1.00 e. The molecule has 1 aromatic carbocycles. The minimum absolute atomic E-state index is 0. The van der Waals surface area contributed by atoms with Crippen molar-refractivity contribution in [2.45, 2.75) is 57.4 Å². The monoisotopic (exact) mass is 441 g/mol. The molecule has 158 valence electrons. The number of carbonyl (C=O) groups excluding carboxylic acids is 1. The Morgan fingerprint density at radius 3 is 2.47 bits per heavy atom. The van der Waals surface area contributed by atoms with E-state index in [1.54, 1.807) is 6.08 Å². The molecule has 2 amide bonds. The van der Waals surface area contributed by atoms with Gasteiger partial charge in [0.25, 0.3) is 0 Å². The molecule has 30 heavy (non-hydrogen) atoms. The van der Waals surface area contributed by atoms with Crippen LogP contribution in [0.2, 0.25) is 0 Å². The van der Waals surface area contributed by atoms with Gasteiger partial charge in [0.2, 0.25) is 0 Å². The summed E-state index contributed by atoms with van der Waals surface area (Å²) < 4.78 is 28.1. The molecule has 1 heterocycles. The fourth-order valence-corrected chi connectivity index (χ4v) is 5.63. The van der Waals surface area contributed by atoms with Crippen LogP contribution in [-0.2, 0) is 35.7 Å². The Morgan fingerprint density at radius 2 is 1.83 bits per heavy atom. The summed E-state index contributed by atoms with van der Waals surface area (Å²) in [6, 6.07) is 1.38. The number of nitrogens with zero attached hydrogens (tertiary/aromatic N) is 2. The Morgan fingerprint density at radius 1 is 1.17 bits per heavy atom. The number of aryl methyl sites for hydroxylation is 2. The predicted molar refractivity (Wildman–Crippen MR) is 113 cm³/mol. The van der Waals surface area contributed by atoms with Gasteiger partial charge in [-0.2, -0.15) is 0 Å². The smallest absolute Gasteiger partial charge is 0.423 e. The van der Waals surface area contributed by atoms with Crippen LogP contribution in [0.1, 0.15) is 47.9 Å². The van der Waals surface area contributed by atoms with Crippen molar-refractivity contribution in [1.29, 1.82) is 0 Å². The second-order valence-electron chi connectivity index (χ2n) is 8.07. The molecule has 2 aliphatic carbocycles. The number of nitrogens with one attached hydrogen (secondary N) is 1. The summed E-state index contributed by atoms with van der Waals surface area (Å²) in [5, 5.41) is 12.9. The molecular weight excluding hydrogens is 413 g/mol. The van der Waals surface area contributed by atoms with Gasteiger partial charge in [-0.15, -0.1) is 0 Å². The number of aliphatic hydroxyl groups is 1. The third-order valence-corrected chi connectivity index (χ3v) is 7.11. The molecule has 0 saturated carbocycles. The van der Waals surface area contributed by atoms with Crippen LogP contribution in [0.25, 0.3) is 4.72 Å². The number of benzene rings is 1. The van der Waals surface area contributed by atoms with Crippen LogP contribution >= 0.6 is 0 Å². The number of anilines is 1. The zero-order chi connectivity index (χ0) is 20.4. The molecule has 0 unspecified atom stereocenters. The van der Waals surface area contributed by atoms with Crippen molar-refractivity contribution in [1.82, 2.24) is 4.90 Å². The van der Waals surface area contributed by atoms with Crippen molar-refractivity contribution >= 4 is 21.7 Å². The quantitative estimate of drug-likeness (QED) is 0.600. The zero-order valence-electron chi connectivity index (χ0n) is 17.6. The van der Waals surface area contributed by atoms with E-state index in [-0.39, 0.29) is 42.2 Å². The van der Waals surface area contributed by atoms with E-state index < -0.39 is 16.1 Å². The van der Waals surface area contributed by atoms with Gasteiger partial charge >= 0.3 is 29.6 Å². The molecule has 1 saturated heterocycles. The summed E-state index contributed by atoms with van der Waals surface area (Å²) in [6.07, 6.45) is 9.32. The molecule has 4 rings (SSSR count). The summed E-state index contributed by atoms with van der Waals surface area (Å²) in [7, 11) is -4.01. The Hall–Kier alpha value is -0.900. The maximum absolute atomic E-state index is 12.5. The number of likely N-dealkylation sites (tertiary alicyclic amines) is 1. The van der Waals surface area contributed by atoms with E-state index in [4.69, 9.17) is 5.11 Å². The molecule has 7 nitrogen and oxygen atoms in total. The van der Waals surface area contributed by atoms with Crippen LogP contribution in [0, 0.1) is 0 Å². The molecule has 9 heteroatoms. The van der Waals surface area contributed by atoms with Crippen molar-refractivity contribution in [3.63, 3.8) is 0 Å². The van der Waals surface area contributed by atoms with E-state index >= 15 is 0 Å². The fraction of sp³-hybridized carbons (Fsp3) is 0.571.